The number of unbranched alkanes of at least 4 members (excludes halogenated alkanes) is 5. The van der Waals surface area contributed by atoms with Crippen LogP contribution in [0.5, 0.6) is 0 Å². The molecule has 0 spiro atoms. The maximum Gasteiger partial charge on any atom is 0.303 e. The van der Waals surface area contributed by atoms with E-state index in [1.54, 1.807) is 0 Å². The van der Waals surface area contributed by atoms with Crippen LogP contribution in [0.3, 0.4) is 0 Å². The van der Waals surface area contributed by atoms with Crippen molar-refractivity contribution < 1.29 is 88.5 Å². The molecule has 2 aromatic carbocycles. The number of aliphatic carboxylic acids is 1. The van der Waals surface area contributed by atoms with Crippen LogP contribution in [-0.4, -0.2) is 90.6 Å². The number of carbonyl (C=O) groups is 1. The smallest absolute Gasteiger partial charge is 0.303 e. The molecule has 0 aliphatic carbocycles. The van der Waals surface area contributed by atoms with Gasteiger partial charge in [-0.25, -0.2) is 39.2 Å². The summed E-state index contributed by atoms with van der Waals surface area (Å²) in [6, 6.07) is 0. The zero-order valence-electron chi connectivity index (χ0n) is 35.2. The van der Waals surface area contributed by atoms with Gasteiger partial charge in [0.05, 0.1) is 38.3 Å². The molecule has 0 radical (unpaired) electrons. The van der Waals surface area contributed by atoms with E-state index in [-0.39, 0.29) is 102 Å². The van der Waals surface area contributed by atoms with Gasteiger partial charge in [0.1, 0.15) is 6.54 Å². The largest absolute Gasteiger partial charge is 0.748 e. The molecule has 0 saturated carbocycles. The molecule has 0 fully saturated rings. The van der Waals surface area contributed by atoms with Gasteiger partial charge in [-0.2, -0.15) is 25.8 Å². The van der Waals surface area contributed by atoms with Crippen molar-refractivity contribution in [3.63, 3.8) is 0 Å². The number of rotatable bonds is 24. The molecule has 0 saturated heterocycles. The summed E-state index contributed by atoms with van der Waals surface area (Å²) < 4.78 is 222. The quantitative estimate of drug-likeness (QED) is 0.0174. The van der Waals surface area contributed by atoms with E-state index in [1.807, 2.05) is 0 Å². The van der Waals surface area contributed by atoms with Crippen LogP contribution >= 0.6 is 0 Å². The second-order valence-corrected chi connectivity index (χ2v) is 20.9. The molecule has 13 nitrogen and oxygen atoms in total. The third-order valence-electron chi connectivity index (χ3n) is 11.5. The first kappa shape index (κ1) is 53.4. The Hall–Kier alpha value is -4.23. The zero-order valence-corrected chi connectivity index (χ0v) is 37.6. The fourth-order valence-electron chi connectivity index (χ4n) is 8.52. The van der Waals surface area contributed by atoms with E-state index in [0.717, 1.165) is 9.48 Å². The Kier molecular flexibility index (Phi) is 17.4. The van der Waals surface area contributed by atoms with Crippen molar-refractivity contribution in [2.24, 2.45) is 0 Å². The van der Waals surface area contributed by atoms with E-state index in [0.29, 0.717) is 0 Å². The summed E-state index contributed by atoms with van der Waals surface area (Å²) in [5, 5.41) is 9.08. The van der Waals surface area contributed by atoms with E-state index >= 15 is 17.6 Å². The number of halogens is 8. The number of nitrogens with zero attached hydrogens (tertiary/aromatic N) is 2. The fraction of sp³-hybridized carbons (Fsp3) is 0.512. The highest BCUT2D eigenvalue weighted by Crippen LogP contribution is 2.54. The van der Waals surface area contributed by atoms with Crippen LogP contribution in [0, 0.1) is 46.5 Å². The number of benzene rings is 2. The van der Waals surface area contributed by atoms with Crippen molar-refractivity contribution in [1.82, 2.24) is 0 Å². The highest BCUT2D eigenvalue weighted by atomic mass is 32.2. The van der Waals surface area contributed by atoms with E-state index in [1.165, 1.54) is 44.2 Å². The summed E-state index contributed by atoms with van der Waals surface area (Å²) in [6.07, 6.45) is 5.39. The molecule has 0 bridgehead atoms. The number of carboxylic acids is 1. The van der Waals surface area contributed by atoms with Crippen LogP contribution in [0.15, 0.2) is 36.1 Å². The Labute approximate surface area is 371 Å². The SMILES string of the molecule is CC1(CCCCS(=O)(=O)O)C(=CC=CC=CC2=[N+](CCCCS(=O)(=O)[O-])c3c(F)c(F)c(F)c(F)c3C2(C)CCCCCC(=O)O)N(CCCCS(=O)(=O)O)c2c(F)c(F)c(F)c(F)c21. The van der Waals surface area contributed by atoms with E-state index in [2.05, 4.69) is 0 Å². The molecule has 2 heterocycles. The first-order valence-electron chi connectivity index (χ1n) is 20.3. The molecule has 362 valence electrons. The number of anilines is 1. The minimum Gasteiger partial charge on any atom is -0.748 e. The van der Waals surface area contributed by atoms with E-state index in [4.69, 9.17) is 5.11 Å². The van der Waals surface area contributed by atoms with Crippen LogP contribution < -0.4 is 4.90 Å². The second kappa shape index (κ2) is 21.2. The first-order chi connectivity index (χ1) is 30.1. The van der Waals surface area contributed by atoms with Gasteiger partial charge < -0.3 is 14.6 Å². The fourth-order valence-corrected chi connectivity index (χ4v) is 10.2. The van der Waals surface area contributed by atoms with Crippen molar-refractivity contribution in [2.45, 2.75) is 102 Å². The molecular formula is C41H48F8N2O11S3. The van der Waals surface area contributed by atoms with Crippen LogP contribution in [0.4, 0.5) is 46.5 Å². The number of carboxylic acid groups (broad SMARTS) is 1. The molecule has 24 heteroatoms. The van der Waals surface area contributed by atoms with Crippen LogP contribution in [0.25, 0.3) is 0 Å². The number of hydrogen-bond donors (Lipinski definition) is 3. The monoisotopic (exact) mass is 992 g/mol. The van der Waals surface area contributed by atoms with Gasteiger partial charge in [-0.15, -0.1) is 0 Å². The highest BCUT2D eigenvalue weighted by molar-refractivity contribution is 7.86. The van der Waals surface area contributed by atoms with Gasteiger partial charge in [0.2, 0.25) is 11.6 Å². The topological polar surface area (TPSA) is 209 Å². The third-order valence-corrected chi connectivity index (χ3v) is 13.9. The predicted molar refractivity (Wildman–Crippen MR) is 221 cm³/mol. The summed E-state index contributed by atoms with van der Waals surface area (Å²) >= 11 is 0. The lowest BCUT2D eigenvalue weighted by Crippen LogP contribution is -2.32. The maximum atomic E-state index is 15.8. The molecule has 4 rings (SSSR count). The second-order valence-electron chi connectivity index (χ2n) is 16.3. The molecule has 0 aromatic heterocycles. The zero-order chi connectivity index (χ0) is 48.9. The summed E-state index contributed by atoms with van der Waals surface area (Å²) in [4.78, 5) is 12.2. The van der Waals surface area contributed by atoms with E-state index < -0.39 is 133 Å². The summed E-state index contributed by atoms with van der Waals surface area (Å²) in [5.74, 6) is -19.0. The van der Waals surface area contributed by atoms with Crippen LogP contribution in [-0.2, 0) is 46.0 Å². The minimum atomic E-state index is -4.70. The van der Waals surface area contributed by atoms with Crippen molar-refractivity contribution >= 4 is 53.4 Å². The van der Waals surface area contributed by atoms with Gasteiger partial charge >= 0.3 is 5.97 Å². The molecule has 0 amide bonds. The molecule has 2 aliphatic rings. The van der Waals surface area contributed by atoms with Gasteiger partial charge in [-0.1, -0.05) is 37.5 Å². The Morgan fingerprint density at radius 1 is 0.631 bits per heavy atom. The van der Waals surface area contributed by atoms with Gasteiger partial charge in [0.25, 0.3) is 25.9 Å². The normalized spacial score (nSPS) is 19.7. The lowest BCUT2D eigenvalue weighted by molar-refractivity contribution is -0.440. The van der Waals surface area contributed by atoms with Crippen LogP contribution in [0.2, 0.25) is 0 Å². The maximum absolute atomic E-state index is 15.8. The van der Waals surface area contributed by atoms with Crippen molar-refractivity contribution in [3.05, 3.63) is 93.7 Å². The van der Waals surface area contributed by atoms with Gasteiger partial charge in [0, 0.05) is 47.9 Å². The van der Waals surface area contributed by atoms with Gasteiger partial charge in [-0.05, 0) is 64.9 Å². The summed E-state index contributed by atoms with van der Waals surface area (Å²) in [6.45, 7) is 2.05. The highest BCUT2D eigenvalue weighted by Gasteiger charge is 2.53. The van der Waals surface area contributed by atoms with Crippen LogP contribution in [0.1, 0.15) is 102 Å². The van der Waals surface area contributed by atoms with Crippen molar-refractivity contribution in [1.29, 1.82) is 0 Å². The predicted octanol–water partition coefficient (Wildman–Crippen LogP) is 8.02. The molecule has 3 N–H and O–H groups in total. The number of hydrogen-bond acceptors (Lipinski definition) is 9. The Bertz CT molecular complexity index is 2640. The molecule has 2 aliphatic heterocycles. The lowest BCUT2D eigenvalue weighted by Gasteiger charge is -2.30. The standard InChI is InChI=1S/C41H48F8N2O11S3/c1-40(18-8-4-7-17-27(52)53)25(50(20-10-13-23-64(57,58)59)38-28(40)30(42)32(44)34(46)36(38)48)15-5-3-6-16-26-41(2,19-9-12-22-63(54,55)56)29-31(43)33(45)35(47)37(49)39(29)51(26)21-11-14-24-65(60,61)62/h3,5-6,15-16H,4,7-14,17-24H2,1-2H3,(H3-,52,53,54,55,56,57,58,59,60,61,62). The van der Waals surface area contributed by atoms with Crippen molar-refractivity contribution in [2.75, 3.05) is 35.2 Å². The van der Waals surface area contributed by atoms with Crippen molar-refractivity contribution in [3.8, 4) is 0 Å². The number of allylic oxidation sites excluding steroid dienone is 6. The van der Waals surface area contributed by atoms with Gasteiger partial charge in [-0.3, -0.25) is 13.9 Å². The average Bonchev–Trinajstić information content (AvgIpc) is 3.59. The molecule has 2 unspecified atom stereocenters. The number of fused-ring (bicyclic) bond motifs is 2. The molecule has 2 aromatic rings. The Balaban J connectivity index is 1.88. The lowest BCUT2D eigenvalue weighted by atomic mass is 9.74. The Morgan fingerprint density at radius 2 is 1.15 bits per heavy atom. The average molecular weight is 993 g/mol. The van der Waals surface area contributed by atoms with Gasteiger partial charge in [0.15, 0.2) is 40.6 Å². The Morgan fingerprint density at radius 3 is 1.74 bits per heavy atom. The minimum absolute atomic E-state index is 0.0309. The molecular weight excluding hydrogens is 945 g/mol. The molecule has 2 atom stereocenters. The first-order valence-corrected chi connectivity index (χ1v) is 25.1. The summed E-state index contributed by atoms with van der Waals surface area (Å²) in [7, 11) is -13.6. The third kappa shape index (κ3) is 12.6. The van der Waals surface area contributed by atoms with E-state index in [9.17, 15) is 61.3 Å². The summed E-state index contributed by atoms with van der Waals surface area (Å²) in [5.41, 5.74) is -6.11. The molecule has 65 heavy (non-hydrogen) atoms.